The molecule has 2 rings (SSSR count). The Hall–Kier alpha value is -2.62. The number of methoxy groups -OCH3 is 1. The number of likely N-dealkylation sites (N-methyl/N-ethyl adjacent to an activating group) is 1. The maximum atomic E-state index is 12.3. The van der Waals surface area contributed by atoms with Crippen molar-refractivity contribution in [3.05, 3.63) is 66.0 Å². The third kappa shape index (κ3) is 4.45. The molecule has 0 saturated heterocycles. The number of aromatic nitrogens is 1. The summed E-state index contributed by atoms with van der Waals surface area (Å²) in [7, 11) is 1.63. The number of benzene rings is 1. The van der Waals surface area contributed by atoms with Crippen LogP contribution in [0.25, 0.3) is 6.08 Å². The molecule has 0 atom stereocenters. The molecule has 2 aromatic rings. The summed E-state index contributed by atoms with van der Waals surface area (Å²) in [6.07, 6.45) is 6.87. The van der Waals surface area contributed by atoms with E-state index in [4.69, 9.17) is 4.74 Å². The van der Waals surface area contributed by atoms with Crippen LogP contribution in [-0.2, 0) is 11.3 Å². The zero-order valence-electron chi connectivity index (χ0n) is 12.9. The molecule has 114 valence electrons. The molecule has 22 heavy (non-hydrogen) atoms. The highest BCUT2D eigenvalue weighted by Crippen LogP contribution is 2.14. The Kier molecular flexibility index (Phi) is 5.72. The van der Waals surface area contributed by atoms with Gasteiger partial charge in [0.25, 0.3) is 0 Å². The lowest BCUT2D eigenvalue weighted by molar-refractivity contribution is -0.126. The van der Waals surface area contributed by atoms with E-state index < -0.39 is 0 Å². The van der Waals surface area contributed by atoms with Gasteiger partial charge in [0.15, 0.2) is 0 Å². The first-order chi connectivity index (χ1) is 10.7. The molecule has 0 spiro atoms. The summed E-state index contributed by atoms with van der Waals surface area (Å²) >= 11 is 0. The lowest BCUT2D eigenvalue weighted by Gasteiger charge is -2.19. The maximum Gasteiger partial charge on any atom is 0.246 e. The molecule has 0 bridgehead atoms. The number of hydrogen-bond acceptors (Lipinski definition) is 3. The molecule has 1 heterocycles. The van der Waals surface area contributed by atoms with E-state index in [1.165, 1.54) is 0 Å². The standard InChI is InChI=1S/C18H20N2O2/c1-3-20(14-16-9-11-19-12-10-16)18(21)8-7-15-5-4-6-17(13-15)22-2/h4-13H,3,14H2,1-2H3. The zero-order valence-corrected chi connectivity index (χ0v) is 12.9. The lowest BCUT2D eigenvalue weighted by atomic mass is 10.2. The normalized spacial score (nSPS) is 10.6. The van der Waals surface area contributed by atoms with Gasteiger partial charge in [-0.15, -0.1) is 0 Å². The molecule has 0 fully saturated rings. The van der Waals surface area contributed by atoms with E-state index in [1.807, 2.05) is 43.3 Å². The van der Waals surface area contributed by atoms with Crippen molar-refractivity contribution in [2.24, 2.45) is 0 Å². The molecule has 0 radical (unpaired) electrons. The van der Waals surface area contributed by atoms with E-state index in [0.29, 0.717) is 13.1 Å². The van der Waals surface area contributed by atoms with Crippen LogP contribution in [0, 0.1) is 0 Å². The molecule has 0 aliphatic carbocycles. The molecular formula is C18H20N2O2. The Balaban J connectivity index is 2.03. The van der Waals surface area contributed by atoms with Gasteiger partial charge in [-0.25, -0.2) is 0 Å². The van der Waals surface area contributed by atoms with Gasteiger partial charge in [0.1, 0.15) is 5.75 Å². The first kappa shape index (κ1) is 15.8. The van der Waals surface area contributed by atoms with Gasteiger partial charge in [0, 0.05) is 31.6 Å². The number of amides is 1. The Morgan fingerprint density at radius 1 is 1.27 bits per heavy atom. The molecular weight excluding hydrogens is 276 g/mol. The average molecular weight is 296 g/mol. The monoisotopic (exact) mass is 296 g/mol. The van der Waals surface area contributed by atoms with Crippen LogP contribution in [0.15, 0.2) is 54.9 Å². The highest BCUT2D eigenvalue weighted by Gasteiger charge is 2.08. The van der Waals surface area contributed by atoms with Gasteiger partial charge in [0.05, 0.1) is 7.11 Å². The number of rotatable bonds is 6. The Bertz CT molecular complexity index is 639. The molecule has 1 amide bonds. The van der Waals surface area contributed by atoms with Crippen LogP contribution >= 0.6 is 0 Å². The van der Waals surface area contributed by atoms with Crippen molar-refractivity contribution in [2.75, 3.05) is 13.7 Å². The summed E-state index contributed by atoms with van der Waals surface area (Å²) in [5.74, 6) is 0.765. The summed E-state index contributed by atoms with van der Waals surface area (Å²) in [5, 5.41) is 0. The summed E-state index contributed by atoms with van der Waals surface area (Å²) < 4.78 is 5.17. The number of ether oxygens (including phenoxy) is 1. The van der Waals surface area contributed by atoms with Crippen molar-refractivity contribution in [3.8, 4) is 5.75 Å². The molecule has 0 aliphatic rings. The molecule has 0 unspecified atom stereocenters. The van der Waals surface area contributed by atoms with E-state index in [9.17, 15) is 4.79 Å². The number of hydrogen-bond donors (Lipinski definition) is 0. The predicted octanol–water partition coefficient (Wildman–Crippen LogP) is 3.15. The molecule has 1 aromatic carbocycles. The second kappa shape index (κ2) is 7.98. The van der Waals surface area contributed by atoms with Crippen LogP contribution < -0.4 is 4.74 Å². The van der Waals surface area contributed by atoms with Gasteiger partial charge >= 0.3 is 0 Å². The van der Waals surface area contributed by atoms with E-state index in [-0.39, 0.29) is 5.91 Å². The third-order valence-corrected chi connectivity index (χ3v) is 3.33. The average Bonchev–Trinajstić information content (AvgIpc) is 2.58. The molecule has 0 N–H and O–H groups in total. The van der Waals surface area contributed by atoms with Gasteiger partial charge in [-0.3, -0.25) is 9.78 Å². The number of pyridine rings is 1. The fraction of sp³-hybridized carbons (Fsp3) is 0.222. The van der Waals surface area contributed by atoms with Crippen LogP contribution in [-0.4, -0.2) is 29.4 Å². The minimum absolute atomic E-state index is 0.0119. The summed E-state index contributed by atoms with van der Waals surface area (Å²) in [4.78, 5) is 18.1. The topological polar surface area (TPSA) is 42.4 Å². The fourth-order valence-corrected chi connectivity index (χ4v) is 2.07. The van der Waals surface area contributed by atoms with E-state index in [0.717, 1.165) is 16.9 Å². The highest BCUT2D eigenvalue weighted by molar-refractivity contribution is 5.91. The van der Waals surface area contributed by atoms with Crippen molar-refractivity contribution < 1.29 is 9.53 Å². The quantitative estimate of drug-likeness (QED) is 0.769. The SMILES string of the molecule is CCN(Cc1ccncc1)C(=O)C=Cc1cccc(OC)c1. The molecule has 0 saturated carbocycles. The van der Waals surface area contributed by atoms with Gasteiger partial charge in [-0.05, 0) is 48.4 Å². The molecule has 4 nitrogen and oxygen atoms in total. The highest BCUT2D eigenvalue weighted by atomic mass is 16.5. The summed E-state index contributed by atoms with van der Waals surface area (Å²) in [6, 6.07) is 11.4. The van der Waals surface area contributed by atoms with Gasteiger partial charge in [-0.1, -0.05) is 12.1 Å². The van der Waals surface area contributed by atoms with E-state index in [1.54, 1.807) is 36.6 Å². The van der Waals surface area contributed by atoms with E-state index >= 15 is 0 Å². The predicted molar refractivity (Wildman–Crippen MR) is 87.4 cm³/mol. The summed E-state index contributed by atoms with van der Waals surface area (Å²) in [5.41, 5.74) is 2.01. The fourth-order valence-electron chi connectivity index (χ4n) is 2.07. The van der Waals surface area contributed by atoms with Crippen molar-refractivity contribution in [1.82, 2.24) is 9.88 Å². The maximum absolute atomic E-state index is 12.3. The number of carbonyl (C=O) groups excluding carboxylic acids is 1. The summed E-state index contributed by atoms with van der Waals surface area (Å²) in [6.45, 7) is 3.21. The van der Waals surface area contributed by atoms with Crippen LogP contribution in [0.3, 0.4) is 0 Å². The van der Waals surface area contributed by atoms with Gasteiger partial charge < -0.3 is 9.64 Å². The van der Waals surface area contributed by atoms with Crippen molar-refractivity contribution in [1.29, 1.82) is 0 Å². The minimum Gasteiger partial charge on any atom is -0.497 e. The Morgan fingerprint density at radius 3 is 2.73 bits per heavy atom. The lowest BCUT2D eigenvalue weighted by Crippen LogP contribution is -2.28. The molecule has 1 aromatic heterocycles. The zero-order chi connectivity index (χ0) is 15.8. The van der Waals surface area contributed by atoms with Crippen LogP contribution in [0.2, 0.25) is 0 Å². The second-order valence-electron chi connectivity index (χ2n) is 4.82. The third-order valence-electron chi connectivity index (χ3n) is 3.33. The number of carbonyl (C=O) groups is 1. The van der Waals surface area contributed by atoms with Gasteiger partial charge in [-0.2, -0.15) is 0 Å². The van der Waals surface area contributed by atoms with Crippen LogP contribution in [0.1, 0.15) is 18.1 Å². The molecule has 4 heteroatoms. The first-order valence-electron chi connectivity index (χ1n) is 7.23. The smallest absolute Gasteiger partial charge is 0.246 e. The Morgan fingerprint density at radius 2 is 2.05 bits per heavy atom. The largest absolute Gasteiger partial charge is 0.497 e. The van der Waals surface area contributed by atoms with Crippen molar-refractivity contribution in [2.45, 2.75) is 13.5 Å². The number of nitrogens with zero attached hydrogens (tertiary/aromatic N) is 2. The Labute approximate surface area is 131 Å². The van der Waals surface area contributed by atoms with Crippen molar-refractivity contribution >= 4 is 12.0 Å². The minimum atomic E-state index is -0.0119. The second-order valence-corrected chi connectivity index (χ2v) is 4.82. The van der Waals surface area contributed by atoms with E-state index in [2.05, 4.69) is 4.98 Å². The first-order valence-corrected chi connectivity index (χ1v) is 7.23. The van der Waals surface area contributed by atoms with Crippen LogP contribution in [0.5, 0.6) is 5.75 Å². The van der Waals surface area contributed by atoms with Gasteiger partial charge in [0.2, 0.25) is 5.91 Å². The molecule has 0 aliphatic heterocycles. The van der Waals surface area contributed by atoms with Crippen molar-refractivity contribution in [3.63, 3.8) is 0 Å². The van der Waals surface area contributed by atoms with Crippen LogP contribution in [0.4, 0.5) is 0 Å².